The largest absolute Gasteiger partial charge is 0.478 e. The van der Waals surface area contributed by atoms with Gasteiger partial charge in [0, 0.05) is 18.2 Å². The van der Waals surface area contributed by atoms with E-state index in [1.165, 1.54) is 12.6 Å². The van der Waals surface area contributed by atoms with E-state index < -0.39 is 5.97 Å². The van der Waals surface area contributed by atoms with Crippen molar-refractivity contribution in [1.82, 2.24) is 5.32 Å². The molecule has 0 aromatic carbocycles. The molecular formula is C10H15NO3. The molecule has 0 aromatic rings. The first-order valence-corrected chi connectivity index (χ1v) is 4.90. The van der Waals surface area contributed by atoms with Crippen LogP contribution < -0.4 is 5.32 Å². The van der Waals surface area contributed by atoms with Gasteiger partial charge in [0.2, 0.25) is 5.91 Å². The summed E-state index contributed by atoms with van der Waals surface area (Å²) in [5, 5.41) is 10.8. The molecule has 0 aromatic heterocycles. The normalized spacial score (nSPS) is 18.3. The number of hydrogen-bond acceptors (Lipinski definition) is 2. The van der Waals surface area contributed by atoms with Gasteiger partial charge in [-0.25, -0.2) is 4.79 Å². The minimum Gasteiger partial charge on any atom is -0.478 e. The van der Waals surface area contributed by atoms with Crippen molar-refractivity contribution in [3.63, 3.8) is 0 Å². The third-order valence-electron chi connectivity index (χ3n) is 2.43. The zero-order valence-electron chi connectivity index (χ0n) is 8.03. The van der Waals surface area contributed by atoms with Gasteiger partial charge in [0.05, 0.1) is 0 Å². The van der Waals surface area contributed by atoms with Crippen molar-refractivity contribution in [3.05, 3.63) is 12.3 Å². The third-order valence-corrected chi connectivity index (χ3v) is 2.43. The van der Waals surface area contributed by atoms with Crippen LogP contribution in [0.15, 0.2) is 12.3 Å². The van der Waals surface area contributed by atoms with Crippen molar-refractivity contribution in [1.29, 1.82) is 0 Å². The van der Waals surface area contributed by atoms with E-state index in [1.807, 2.05) is 0 Å². The third kappa shape index (κ3) is 3.60. The van der Waals surface area contributed by atoms with Crippen LogP contribution in [-0.4, -0.2) is 17.0 Å². The van der Waals surface area contributed by atoms with Crippen LogP contribution in [0.3, 0.4) is 0 Å². The summed E-state index contributed by atoms with van der Waals surface area (Å²) in [7, 11) is 0. The second kappa shape index (κ2) is 5.42. The van der Waals surface area contributed by atoms with Crippen LogP contribution in [0, 0.1) is 5.92 Å². The summed E-state index contributed by atoms with van der Waals surface area (Å²) in [5.74, 6) is -1.03. The van der Waals surface area contributed by atoms with Gasteiger partial charge in [-0.1, -0.05) is 19.3 Å². The molecule has 0 spiro atoms. The number of hydrogen-bond donors (Lipinski definition) is 2. The minimum atomic E-state index is -1.05. The summed E-state index contributed by atoms with van der Waals surface area (Å²) in [6.45, 7) is 0. The first kappa shape index (κ1) is 10.8. The molecule has 4 nitrogen and oxygen atoms in total. The number of amides is 1. The summed E-state index contributed by atoms with van der Waals surface area (Å²) >= 11 is 0. The maximum Gasteiger partial charge on any atom is 0.329 e. The maximum absolute atomic E-state index is 11.4. The second-order valence-corrected chi connectivity index (χ2v) is 3.52. The number of rotatable bonds is 3. The Bertz CT molecular complexity index is 242. The van der Waals surface area contributed by atoms with Crippen molar-refractivity contribution in [2.45, 2.75) is 32.1 Å². The van der Waals surface area contributed by atoms with E-state index >= 15 is 0 Å². The van der Waals surface area contributed by atoms with E-state index in [0.717, 1.165) is 31.8 Å². The van der Waals surface area contributed by atoms with Crippen molar-refractivity contribution >= 4 is 11.9 Å². The van der Waals surface area contributed by atoms with Crippen molar-refractivity contribution in [2.24, 2.45) is 5.92 Å². The lowest BCUT2D eigenvalue weighted by atomic mass is 9.89. The molecule has 0 saturated heterocycles. The maximum atomic E-state index is 11.4. The lowest BCUT2D eigenvalue weighted by Crippen LogP contribution is -2.28. The van der Waals surface area contributed by atoms with E-state index in [2.05, 4.69) is 5.32 Å². The molecule has 1 saturated carbocycles. The van der Waals surface area contributed by atoms with E-state index in [9.17, 15) is 9.59 Å². The lowest BCUT2D eigenvalue weighted by Gasteiger charge is -2.19. The van der Waals surface area contributed by atoms with Crippen LogP contribution in [0.4, 0.5) is 0 Å². The summed E-state index contributed by atoms with van der Waals surface area (Å²) in [6, 6.07) is 0. The molecule has 78 valence electrons. The summed E-state index contributed by atoms with van der Waals surface area (Å²) < 4.78 is 0. The van der Waals surface area contributed by atoms with Gasteiger partial charge in [-0.05, 0) is 12.8 Å². The van der Waals surface area contributed by atoms with Crippen molar-refractivity contribution in [2.75, 3.05) is 0 Å². The molecule has 1 aliphatic rings. The van der Waals surface area contributed by atoms with Gasteiger partial charge >= 0.3 is 5.97 Å². The number of carbonyl (C=O) groups is 2. The predicted molar refractivity (Wildman–Crippen MR) is 51.5 cm³/mol. The Morgan fingerprint density at radius 2 is 1.86 bits per heavy atom. The van der Waals surface area contributed by atoms with E-state index in [1.54, 1.807) is 0 Å². The summed E-state index contributed by atoms with van der Waals surface area (Å²) in [6.07, 6.45) is 7.37. The van der Waals surface area contributed by atoms with Gasteiger partial charge in [-0.2, -0.15) is 0 Å². The fourth-order valence-electron chi connectivity index (χ4n) is 1.68. The molecule has 0 heterocycles. The van der Waals surface area contributed by atoms with Gasteiger partial charge in [0.1, 0.15) is 0 Å². The Morgan fingerprint density at radius 1 is 1.21 bits per heavy atom. The van der Waals surface area contributed by atoms with E-state index in [4.69, 9.17) is 5.11 Å². The average Bonchev–Trinajstić information content (AvgIpc) is 2.18. The second-order valence-electron chi connectivity index (χ2n) is 3.52. The van der Waals surface area contributed by atoms with Crippen LogP contribution in [0.25, 0.3) is 0 Å². The van der Waals surface area contributed by atoms with Gasteiger partial charge < -0.3 is 10.4 Å². The van der Waals surface area contributed by atoms with Crippen LogP contribution in [0.2, 0.25) is 0 Å². The van der Waals surface area contributed by atoms with E-state index in [-0.39, 0.29) is 11.8 Å². The molecule has 0 bridgehead atoms. The highest BCUT2D eigenvalue weighted by molar-refractivity contribution is 5.83. The Balaban J connectivity index is 2.30. The Hall–Kier alpha value is -1.32. The molecule has 1 amide bonds. The molecule has 1 fully saturated rings. The molecule has 4 heteroatoms. The number of nitrogens with one attached hydrogen (secondary N) is 1. The van der Waals surface area contributed by atoms with Crippen LogP contribution in [0.5, 0.6) is 0 Å². The predicted octanol–water partition coefficient (Wildman–Crippen LogP) is 1.28. The molecule has 14 heavy (non-hydrogen) atoms. The lowest BCUT2D eigenvalue weighted by molar-refractivity contribution is -0.131. The van der Waals surface area contributed by atoms with Crippen LogP contribution >= 0.6 is 0 Å². The van der Waals surface area contributed by atoms with Gasteiger partial charge in [0.25, 0.3) is 0 Å². The smallest absolute Gasteiger partial charge is 0.329 e. The molecule has 0 radical (unpaired) electrons. The first-order chi connectivity index (χ1) is 6.70. The van der Waals surface area contributed by atoms with Gasteiger partial charge in [-0.15, -0.1) is 0 Å². The highest BCUT2D eigenvalue weighted by Gasteiger charge is 2.19. The molecule has 0 unspecified atom stereocenters. The number of carbonyl (C=O) groups excluding carboxylic acids is 1. The number of aliphatic carboxylic acids is 1. The van der Waals surface area contributed by atoms with Gasteiger partial charge in [0.15, 0.2) is 0 Å². The van der Waals surface area contributed by atoms with Crippen LogP contribution in [-0.2, 0) is 9.59 Å². The molecule has 1 rings (SSSR count). The van der Waals surface area contributed by atoms with Crippen LogP contribution in [0.1, 0.15) is 32.1 Å². The molecule has 0 atom stereocenters. The molecule has 2 N–H and O–H groups in total. The quantitative estimate of drug-likeness (QED) is 0.670. The topological polar surface area (TPSA) is 66.4 Å². The van der Waals surface area contributed by atoms with Gasteiger partial charge in [-0.3, -0.25) is 4.79 Å². The number of carboxylic acid groups (broad SMARTS) is 1. The fourth-order valence-corrected chi connectivity index (χ4v) is 1.68. The highest BCUT2D eigenvalue weighted by atomic mass is 16.4. The SMILES string of the molecule is O=C(O)C=CNC(=O)C1CCCCC1. The highest BCUT2D eigenvalue weighted by Crippen LogP contribution is 2.23. The van der Waals surface area contributed by atoms with E-state index in [0.29, 0.717) is 0 Å². The minimum absolute atomic E-state index is 0.0535. The zero-order valence-corrected chi connectivity index (χ0v) is 8.03. The Labute approximate surface area is 83.0 Å². The Kier molecular flexibility index (Phi) is 4.16. The first-order valence-electron chi connectivity index (χ1n) is 4.90. The monoisotopic (exact) mass is 197 g/mol. The zero-order chi connectivity index (χ0) is 10.4. The Morgan fingerprint density at radius 3 is 2.43 bits per heavy atom. The standard InChI is InChI=1S/C10H15NO3/c12-9(13)6-7-11-10(14)8-4-2-1-3-5-8/h6-8H,1-5H2,(H,11,14)(H,12,13). The summed E-state index contributed by atoms with van der Waals surface area (Å²) in [5.41, 5.74) is 0. The summed E-state index contributed by atoms with van der Waals surface area (Å²) in [4.78, 5) is 21.5. The molecular weight excluding hydrogens is 182 g/mol. The fraction of sp³-hybridized carbons (Fsp3) is 0.600. The molecule has 0 aliphatic heterocycles. The molecule has 1 aliphatic carbocycles. The average molecular weight is 197 g/mol. The van der Waals surface area contributed by atoms with Crippen molar-refractivity contribution < 1.29 is 14.7 Å². The number of carboxylic acids is 1. The van der Waals surface area contributed by atoms with Crippen molar-refractivity contribution in [3.8, 4) is 0 Å².